The molecule has 0 aliphatic carbocycles. The molecule has 0 bridgehead atoms. The van der Waals surface area contributed by atoms with Crippen molar-refractivity contribution in [2.45, 2.75) is 19.8 Å². The minimum Gasteiger partial charge on any atom is -0.381 e. The Morgan fingerprint density at radius 1 is 1.42 bits per heavy atom. The Hall–Kier alpha value is -0.520. The van der Waals surface area contributed by atoms with Crippen molar-refractivity contribution in [3.8, 4) is 0 Å². The second-order valence-corrected chi connectivity index (χ2v) is 5.94. The molecule has 106 valence electrons. The fourth-order valence-corrected chi connectivity index (χ4v) is 2.86. The van der Waals surface area contributed by atoms with E-state index in [2.05, 4.69) is 21.2 Å². The zero-order chi connectivity index (χ0) is 13.9. The predicted molar refractivity (Wildman–Crippen MR) is 74.2 cm³/mol. The molecule has 1 saturated heterocycles. The van der Waals surface area contributed by atoms with Crippen molar-refractivity contribution >= 4 is 15.9 Å². The van der Waals surface area contributed by atoms with E-state index in [1.165, 1.54) is 12.1 Å². The Morgan fingerprint density at radius 3 is 2.84 bits per heavy atom. The number of hydrogen-bond acceptors (Lipinski definition) is 2. The minimum atomic E-state index is -0.497. The van der Waals surface area contributed by atoms with E-state index in [0.717, 1.165) is 19.5 Å². The summed E-state index contributed by atoms with van der Waals surface area (Å²) in [7, 11) is 0. The van der Waals surface area contributed by atoms with Gasteiger partial charge in [-0.3, -0.25) is 0 Å². The maximum atomic E-state index is 14.1. The molecule has 0 spiro atoms. The van der Waals surface area contributed by atoms with Crippen LogP contribution < -0.4 is 5.32 Å². The molecule has 5 heteroatoms. The molecule has 0 amide bonds. The van der Waals surface area contributed by atoms with E-state index in [1.54, 1.807) is 0 Å². The molecule has 1 heterocycles. The Bertz CT molecular complexity index is 447. The van der Waals surface area contributed by atoms with Gasteiger partial charge < -0.3 is 10.1 Å². The summed E-state index contributed by atoms with van der Waals surface area (Å²) >= 11 is 3.11. The topological polar surface area (TPSA) is 21.3 Å². The first-order valence-corrected chi connectivity index (χ1v) is 7.28. The molecule has 0 aromatic heterocycles. The van der Waals surface area contributed by atoms with Crippen LogP contribution in [-0.2, 0) is 11.2 Å². The first-order valence-electron chi connectivity index (χ1n) is 6.49. The molecule has 1 aliphatic rings. The molecule has 0 saturated carbocycles. The highest BCUT2D eigenvalue weighted by atomic mass is 79.9. The summed E-state index contributed by atoms with van der Waals surface area (Å²) < 4.78 is 33.7. The van der Waals surface area contributed by atoms with Crippen molar-refractivity contribution in [1.82, 2.24) is 5.32 Å². The third kappa shape index (κ3) is 3.33. The SMILES string of the molecule is CCNCC1(Cc2c(F)ccc(Br)c2F)CCOC1. The maximum Gasteiger partial charge on any atom is 0.143 e. The van der Waals surface area contributed by atoms with Gasteiger partial charge in [0.2, 0.25) is 0 Å². The summed E-state index contributed by atoms with van der Waals surface area (Å²) in [5.41, 5.74) is -0.0591. The van der Waals surface area contributed by atoms with E-state index in [-0.39, 0.29) is 11.0 Å². The molecular formula is C14H18BrF2NO. The van der Waals surface area contributed by atoms with Gasteiger partial charge in [0.15, 0.2) is 0 Å². The third-order valence-electron chi connectivity index (χ3n) is 3.63. The van der Waals surface area contributed by atoms with Crippen LogP contribution in [0.25, 0.3) is 0 Å². The van der Waals surface area contributed by atoms with E-state index in [9.17, 15) is 8.78 Å². The quantitative estimate of drug-likeness (QED) is 0.835. The van der Waals surface area contributed by atoms with Crippen LogP contribution in [0.5, 0.6) is 0 Å². The van der Waals surface area contributed by atoms with Crippen LogP contribution in [-0.4, -0.2) is 26.3 Å². The highest BCUT2D eigenvalue weighted by molar-refractivity contribution is 9.10. The molecule has 1 fully saturated rings. The molecule has 1 atom stereocenters. The predicted octanol–water partition coefficient (Wildman–Crippen LogP) is 3.29. The Kier molecular flexibility index (Phi) is 4.92. The minimum absolute atomic E-state index is 0.151. The van der Waals surface area contributed by atoms with Crippen molar-refractivity contribution < 1.29 is 13.5 Å². The van der Waals surface area contributed by atoms with E-state index in [4.69, 9.17) is 4.74 Å². The molecule has 19 heavy (non-hydrogen) atoms. The van der Waals surface area contributed by atoms with Crippen molar-refractivity contribution in [2.75, 3.05) is 26.3 Å². The molecular weight excluding hydrogens is 316 g/mol. The Labute approximate surface area is 120 Å². The largest absolute Gasteiger partial charge is 0.381 e. The summed E-state index contributed by atoms with van der Waals surface area (Å²) in [5.74, 6) is -0.980. The summed E-state index contributed by atoms with van der Waals surface area (Å²) in [5, 5.41) is 3.27. The van der Waals surface area contributed by atoms with Crippen molar-refractivity contribution in [1.29, 1.82) is 0 Å². The molecule has 2 nitrogen and oxygen atoms in total. The molecule has 1 N–H and O–H groups in total. The van der Waals surface area contributed by atoms with Gasteiger partial charge in [-0.1, -0.05) is 6.92 Å². The second kappa shape index (κ2) is 6.29. The normalized spacial score (nSPS) is 22.9. The fourth-order valence-electron chi connectivity index (χ4n) is 2.49. The van der Waals surface area contributed by atoms with Crippen molar-refractivity contribution in [3.63, 3.8) is 0 Å². The number of rotatable bonds is 5. The van der Waals surface area contributed by atoms with E-state index < -0.39 is 11.6 Å². The van der Waals surface area contributed by atoms with Crippen LogP contribution in [0.1, 0.15) is 18.9 Å². The van der Waals surface area contributed by atoms with Gasteiger partial charge in [-0.2, -0.15) is 0 Å². The van der Waals surface area contributed by atoms with E-state index in [0.29, 0.717) is 24.1 Å². The summed E-state index contributed by atoms with van der Waals surface area (Å²) in [6, 6.07) is 2.70. The molecule has 1 aromatic carbocycles. The van der Waals surface area contributed by atoms with Crippen LogP contribution in [0.2, 0.25) is 0 Å². The van der Waals surface area contributed by atoms with Crippen LogP contribution in [0.4, 0.5) is 8.78 Å². The van der Waals surface area contributed by atoms with Gasteiger partial charge >= 0.3 is 0 Å². The van der Waals surface area contributed by atoms with Gasteiger partial charge in [0.25, 0.3) is 0 Å². The summed E-state index contributed by atoms with van der Waals surface area (Å²) in [6.45, 7) is 4.78. The molecule has 1 aliphatic heterocycles. The zero-order valence-electron chi connectivity index (χ0n) is 10.9. The molecule has 2 rings (SSSR count). The average Bonchev–Trinajstić information content (AvgIpc) is 2.86. The molecule has 1 aromatic rings. The van der Waals surface area contributed by atoms with Gasteiger partial charge in [0.1, 0.15) is 11.6 Å². The lowest BCUT2D eigenvalue weighted by Gasteiger charge is -2.28. The first-order chi connectivity index (χ1) is 9.08. The molecule has 1 unspecified atom stereocenters. The lowest BCUT2D eigenvalue weighted by molar-refractivity contribution is 0.148. The second-order valence-electron chi connectivity index (χ2n) is 5.08. The third-order valence-corrected chi connectivity index (χ3v) is 4.24. The lowest BCUT2D eigenvalue weighted by Crippen LogP contribution is -2.37. The number of hydrogen-bond donors (Lipinski definition) is 1. The van der Waals surface area contributed by atoms with Gasteiger partial charge in [-0.15, -0.1) is 0 Å². The molecule has 0 radical (unpaired) electrons. The average molecular weight is 334 g/mol. The fraction of sp³-hybridized carbons (Fsp3) is 0.571. The smallest absolute Gasteiger partial charge is 0.143 e. The highest BCUT2D eigenvalue weighted by Gasteiger charge is 2.36. The van der Waals surface area contributed by atoms with Crippen molar-refractivity contribution in [3.05, 3.63) is 33.8 Å². The first kappa shape index (κ1) is 14.9. The number of nitrogens with one attached hydrogen (secondary N) is 1. The Balaban J connectivity index is 2.24. The standard InChI is InChI=1S/C14H18BrF2NO/c1-2-18-8-14(5-6-19-9-14)7-10-12(16)4-3-11(15)13(10)17/h3-4,18H,2,5-9H2,1H3. The van der Waals surface area contributed by atoms with Crippen LogP contribution >= 0.6 is 15.9 Å². The zero-order valence-corrected chi connectivity index (χ0v) is 12.5. The van der Waals surface area contributed by atoms with Crippen LogP contribution in [0.3, 0.4) is 0 Å². The number of ether oxygens (including phenoxy) is 1. The van der Waals surface area contributed by atoms with Gasteiger partial charge in [0, 0.05) is 24.1 Å². The monoisotopic (exact) mass is 333 g/mol. The van der Waals surface area contributed by atoms with Gasteiger partial charge in [-0.05, 0) is 47.4 Å². The van der Waals surface area contributed by atoms with Crippen molar-refractivity contribution in [2.24, 2.45) is 5.41 Å². The number of halogens is 3. The lowest BCUT2D eigenvalue weighted by atomic mass is 9.80. The van der Waals surface area contributed by atoms with Crippen LogP contribution in [0, 0.1) is 17.0 Å². The number of benzene rings is 1. The summed E-state index contributed by atoms with van der Waals surface area (Å²) in [4.78, 5) is 0. The van der Waals surface area contributed by atoms with E-state index in [1.807, 2.05) is 6.92 Å². The Morgan fingerprint density at radius 2 is 2.21 bits per heavy atom. The highest BCUT2D eigenvalue weighted by Crippen LogP contribution is 2.35. The van der Waals surface area contributed by atoms with Gasteiger partial charge in [-0.25, -0.2) is 8.78 Å². The maximum absolute atomic E-state index is 14.1. The summed E-state index contributed by atoms with van der Waals surface area (Å²) in [6.07, 6.45) is 1.18. The van der Waals surface area contributed by atoms with Crippen LogP contribution in [0.15, 0.2) is 16.6 Å². The van der Waals surface area contributed by atoms with Gasteiger partial charge in [0.05, 0.1) is 11.1 Å². The van der Waals surface area contributed by atoms with E-state index >= 15 is 0 Å².